The lowest BCUT2D eigenvalue weighted by Gasteiger charge is -2.16. The van der Waals surface area contributed by atoms with E-state index in [9.17, 15) is 19.2 Å². The molecule has 0 saturated heterocycles. The highest BCUT2D eigenvalue weighted by atomic mass is 79.9. The number of nitrogens with zero attached hydrogens (tertiary/aromatic N) is 1. The van der Waals surface area contributed by atoms with Gasteiger partial charge in [0, 0.05) is 11.4 Å². The molecule has 144 valence electrons. The van der Waals surface area contributed by atoms with E-state index in [0.29, 0.717) is 15.8 Å². The van der Waals surface area contributed by atoms with Crippen LogP contribution in [0.25, 0.3) is 0 Å². The molecule has 28 heavy (non-hydrogen) atoms. The van der Waals surface area contributed by atoms with Gasteiger partial charge in [0.1, 0.15) is 6.54 Å². The molecule has 1 heterocycles. The van der Waals surface area contributed by atoms with E-state index in [1.54, 1.807) is 18.2 Å². The molecule has 10 heteroatoms. The zero-order valence-corrected chi connectivity index (χ0v) is 17.4. The highest BCUT2D eigenvalue weighted by molar-refractivity contribution is 9.10. The number of carbonyl (C=O) groups excluding carboxylic acids is 4. The van der Waals surface area contributed by atoms with Crippen LogP contribution in [-0.4, -0.2) is 35.1 Å². The molecular formula is C18H12BrCl2N3O4. The number of benzene rings is 2. The Morgan fingerprint density at radius 1 is 0.964 bits per heavy atom. The predicted molar refractivity (Wildman–Crippen MR) is 109 cm³/mol. The molecule has 7 nitrogen and oxygen atoms in total. The topological polar surface area (TPSA) is 95.6 Å². The molecule has 2 aromatic carbocycles. The lowest BCUT2D eigenvalue weighted by atomic mass is 10.1. The fourth-order valence-corrected chi connectivity index (χ4v) is 3.37. The molecule has 0 spiro atoms. The fourth-order valence-electron chi connectivity index (χ4n) is 2.68. The van der Waals surface area contributed by atoms with E-state index in [1.165, 1.54) is 19.1 Å². The van der Waals surface area contributed by atoms with Crippen LogP contribution in [0.3, 0.4) is 0 Å². The third-order valence-electron chi connectivity index (χ3n) is 3.88. The van der Waals surface area contributed by atoms with Crippen molar-refractivity contribution in [1.82, 2.24) is 4.90 Å². The van der Waals surface area contributed by atoms with E-state index in [0.717, 1.165) is 4.90 Å². The van der Waals surface area contributed by atoms with Crippen molar-refractivity contribution in [2.24, 2.45) is 0 Å². The van der Waals surface area contributed by atoms with Crippen LogP contribution in [0.1, 0.15) is 27.6 Å². The third-order valence-corrected chi connectivity index (χ3v) is 5.10. The Balaban J connectivity index is 1.79. The first-order chi connectivity index (χ1) is 13.2. The van der Waals surface area contributed by atoms with Gasteiger partial charge < -0.3 is 10.6 Å². The highest BCUT2D eigenvalue weighted by Crippen LogP contribution is 2.31. The van der Waals surface area contributed by atoms with Crippen LogP contribution in [-0.2, 0) is 9.59 Å². The number of carbonyl (C=O) groups is 4. The lowest BCUT2D eigenvalue weighted by Crippen LogP contribution is -2.37. The van der Waals surface area contributed by atoms with Gasteiger partial charge in [0.25, 0.3) is 11.8 Å². The number of rotatable bonds is 4. The van der Waals surface area contributed by atoms with Gasteiger partial charge in [-0.2, -0.15) is 0 Å². The van der Waals surface area contributed by atoms with Gasteiger partial charge in [0.15, 0.2) is 0 Å². The minimum absolute atomic E-state index is 0.0913. The minimum Gasteiger partial charge on any atom is -0.325 e. The van der Waals surface area contributed by atoms with Crippen LogP contribution in [0.5, 0.6) is 0 Å². The van der Waals surface area contributed by atoms with Crippen molar-refractivity contribution in [3.63, 3.8) is 0 Å². The number of hydrogen-bond donors (Lipinski definition) is 2. The van der Waals surface area contributed by atoms with Gasteiger partial charge in [-0.15, -0.1) is 0 Å². The summed E-state index contributed by atoms with van der Waals surface area (Å²) in [6.07, 6.45) is 0. The smallest absolute Gasteiger partial charge is 0.262 e. The quantitative estimate of drug-likeness (QED) is 0.642. The molecule has 0 fully saturated rings. The van der Waals surface area contributed by atoms with E-state index < -0.39 is 24.3 Å². The van der Waals surface area contributed by atoms with Crippen molar-refractivity contribution >= 4 is 74.1 Å². The van der Waals surface area contributed by atoms with Gasteiger partial charge >= 0.3 is 0 Å². The summed E-state index contributed by atoms with van der Waals surface area (Å²) < 4.78 is 0.668. The molecule has 2 N–H and O–H groups in total. The van der Waals surface area contributed by atoms with E-state index in [4.69, 9.17) is 23.2 Å². The molecular weight excluding hydrogens is 473 g/mol. The predicted octanol–water partition coefficient (Wildman–Crippen LogP) is 3.95. The summed E-state index contributed by atoms with van der Waals surface area (Å²) in [5, 5.41) is 5.47. The summed E-state index contributed by atoms with van der Waals surface area (Å²) in [5.41, 5.74) is 0.879. The molecule has 0 atom stereocenters. The fraction of sp³-hybridized carbons (Fsp3) is 0.111. The Morgan fingerprint density at radius 2 is 1.54 bits per heavy atom. The highest BCUT2D eigenvalue weighted by Gasteiger charge is 2.37. The Hall–Kier alpha value is -2.42. The van der Waals surface area contributed by atoms with Gasteiger partial charge in [-0.3, -0.25) is 24.1 Å². The lowest BCUT2D eigenvalue weighted by molar-refractivity contribution is -0.116. The first-order valence-corrected chi connectivity index (χ1v) is 9.44. The first kappa shape index (κ1) is 20.3. The van der Waals surface area contributed by atoms with Crippen molar-refractivity contribution < 1.29 is 19.2 Å². The third kappa shape index (κ3) is 4.04. The average Bonchev–Trinajstić information content (AvgIpc) is 2.82. The Labute approximate surface area is 178 Å². The van der Waals surface area contributed by atoms with Crippen molar-refractivity contribution in [2.45, 2.75) is 6.92 Å². The molecule has 1 aliphatic rings. The van der Waals surface area contributed by atoms with Crippen LogP contribution < -0.4 is 10.6 Å². The Bertz CT molecular complexity index is 1000. The SMILES string of the molecule is CC(=O)Nc1ccc(Br)cc1NC(=O)CN1C(=O)c2cc(Cl)c(Cl)cc2C1=O. The number of imide groups is 1. The van der Waals surface area contributed by atoms with E-state index >= 15 is 0 Å². The zero-order chi connectivity index (χ0) is 20.6. The minimum atomic E-state index is -0.634. The van der Waals surface area contributed by atoms with Crippen molar-refractivity contribution in [1.29, 1.82) is 0 Å². The summed E-state index contributed by atoms with van der Waals surface area (Å²) in [7, 11) is 0. The van der Waals surface area contributed by atoms with Gasteiger partial charge in [0.05, 0.1) is 32.5 Å². The van der Waals surface area contributed by atoms with E-state index in [1.807, 2.05) is 0 Å². The maximum atomic E-state index is 12.5. The summed E-state index contributed by atoms with van der Waals surface area (Å²) in [4.78, 5) is 49.6. The molecule has 0 aliphatic carbocycles. The van der Waals surface area contributed by atoms with E-state index in [2.05, 4.69) is 26.6 Å². The van der Waals surface area contributed by atoms with E-state index in [-0.39, 0.29) is 27.1 Å². The van der Waals surface area contributed by atoms with Gasteiger partial charge in [-0.25, -0.2) is 0 Å². The van der Waals surface area contributed by atoms with Gasteiger partial charge in [-0.05, 0) is 30.3 Å². The second kappa shape index (κ2) is 7.90. The van der Waals surface area contributed by atoms with Gasteiger partial charge in [0.2, 0.25) is 11.8 Å². The zero-order valence-electron chi connectivity index (χ0n) is 14.3. The van der Waals surface area contributed by atoms with Crippen LogP contribution in [0.15, 0.2) is 34.8 Å². The number of hydrogen-bond acceptors (Lipinski definition) is 4. The largest absolute Gasteiger partial charge is 0.325 e. The Kier molecular flexibility index (Phi) is 5.74. The van der Waals surface area contributed by atoms with Crippen molar-refractivity contribution in [3.05, 3.63) is 56.0 Å². The molecule has 1 aliphatic heterocycles. The molecule has 2 aromatic rings. The second-order valence-corrected chi connectivity index (χ2v) is 7.66. The summed E-state index contributed by atoms with van der Waals surface area (Å²) in [6.45, 7) is 0.830. The van der Waals surface area contributed by atoms with Gasteiger partial charge in [-0.1, -0.05) is 39.1 Å². The maximum Gasteiger partial charge on any atom is 0.262 e. The van der Waals surface area contributed by atoms with Crippen LogP contribution >= 0.6 is 39.1 Å². The van der Waals surface area contributed by atoms with Crippen LogP contribution in [0.4, 0.5) is 11.4 Å². The maximum absolute atomic E-state index is 12.5. The molecule has 0 unspecified atom stereocenters. The normalized spacial score (nSPS) is 12.8. The summed E-state index contributed by atoms with van der Waals surface area (Å²) in [6, 6.07) is 7.50. The monoisotopic (exact) mass is 483 g/mol. The molecule has 0 saturated carbocycles. The number of amides is 4. The van der Waals surface area contributed by atoms with Crippen LogP contribution in [0, 0.1) is 0 Å². The summed E-state index contributed by atoms with van der Waals surface area (Å²) >= 11 is 15.1. The number of anilines is 2. The molecule has 3 rings (SSSR count). The molecule has 0 radical (unpaired) electrons. The number of nitrogens with one attached hydrogen (secondary N) is 2. The first-order valence-electron chi connectivity index (χ1n) is 7.89. The number of halogens is 3. The van der Waals surface area contributed by atoms with Crippen molar-refractivity contribution in [3.8, 4) is 0 Å². The van der Waals surface area contributed by atoms with Crippen LogP contribution in [0.2, 0.25) is 10.0 Å². The van der Waals surface area contributed by atoms with Crippen molar-refractivity contribution in [2.75, 3.05) is 17.2 Å². The molecule has 0 bridgehead atoms. The molecule has 0 aromatic heterocycles. The molecule has 4 amide bonds. The average molecular weight is 485 g/mol. The Morgan fingerprint density at radius 3 is 2.07 bits per heavy atom. The number of fused-ring (bicyclic) bond motifs is 1. The summed E-state index contributed by atoms with van der Waals surface area (Å²) in [5.74, 6) is -2.20. The standard InChI is InChI=1S/C18H12BrCl2N3O4/c1-8(25)22-14-3-2-9(19)4-15(14)23-16(26)7-24-17(27)10-5-12(20)13(21)6-11(10)18(24)28/h2-6H,7H2,1H3,(H,22,25)(H,23,26). The second-order valence-electron chi connectivity index (χ2n) is 5.93.